The summed E-state index contributed by atoms with van der Waals surface area (Å²) in [4.78, 5) is 0. The van der Waals surface area contributed by atoms with Crippen LogP contribution >= 0.6 is 0 Å². The van der Waals surface area contributed by atoms with Crippen LogP contribution in [-0.4, -0.2) is 19.3 Å². The zero-order valence-electron chi connectivity index (χ0n) is 17.7. The van der Waals surface area contributed by atoms with E-state index in [1.54, 1.807) is 0 Å². The predicted molar refractivity (Wildman–Crippen MR) is 121 cm³/mol. The fraction of sp³-hybridized carbons (Fsp3) is 0.308. The molecule has 3 aromatic rings. The Kier molecular flexibility index (Phi) is 7.57. The Morgan fingerprint density at radius 3 is 2.55 bits per heavy atom. The second-order valence-corrected chi connectivity index (χ2v) is 7.54. The van der Waals surface area contributed by atoms with Gasteiger partial charge < -0.3 is 14.8 Å². The molecule has 0 saturated carbocycles. The van der Waals surface area contributed by atoms with Crippen molar-refractivity contribution in [1.29, 1.82) is 0 Å². The third kappa shape index (κ3) is 6.86. The van der Waals surface area contributed by atoms with E-state index in [1.807, 2.05) is 24.3 Å². The normalized spacial score (nSPS) is 11.7. The van der Waals surface area contributed by atoms with Crippen LogP contribution in [0.15, 0.2) is 72.8 Å². The molecule has 1 N–H and O–H groups in total. The molecule has 3 heteroatoms. The van der Waals surface area contributed by atoms with Gasteiger partial charge in [0.25, 0.3) is 0 Å². The Morgan fingerprint density at radius 2 is 1.72 bits per heavy atom. The minimum absolute atomic E-state index is 0.0611. The molecule has 0 fully saturated rings. The maximum atomic E-state index is 6.11. The van der Waals surface area contributed by atoms with Crippen molar-refractivity contribution >= 4 is 5.69 Å². The van der Waals surface area contributed by atoms with Crippen molar-refractivity contribution < 1.29 is 9.47 Å². The van der Waals surface area contributed by atoms with E-state index in [-0.39, 0.29) is 6.10 Å². The maximum Gasteiger partial charge on any atom is 0.122 e. The Balaban J connectivity index is 1.43. The molecule has 0 aliphatic carbocycles. The van der Waals surface area contributed by atoms with E-state index in [9.17, 15) is 0 Å². The fourth-order valence-corrected chi connectivity index (χ4v) is 3.16. The third-order valence-corrected chi connectivity index (χ3v) is 4.82. The topological polar surface area (TPSA) is 30.5 Å². The van der Waals surface area contributed by atoms with Gasteiger partial charge in [0.05, 0.1) is 13.2 Å². The van der Waals surface area contributed by atoms with Crippen LogP contribution in [0.5, 0.6) is 11.5 Å². The lowest BCUT2D eigenvalue weighted by atomic mass is 10.1. The first-order valence-electron chi connectivity index (χ1n) is 10.3. The van der Waals surface area contributed by atoms with Gasteiger partial charge in [-0.3, -0.25) is 0 Å². The van der Waals surface area contributed by atoms with Gasteiger partial charge in [0.2, 0.25) is 0 Å². The molecule has 0 amide bonds. The smallest absolute Gasteiger partial charge is 0.122 e. The molecular formula is C26H31NO2. The molecule has 3 nitrogen and oxygen atoms in total. The zero-order valence-corrected chi connectivity index (χ0v) is 17.7. The quantitative estimate of drug-likeness (QED) is 0.419. The highest BCUT2D eigenvalue weighted by atomic mass is 16.5. The first-order chi connectivity index (χ1) is 14.1. The van der Waals surface area contributed by atoms with Gasteiger partial charge in [0.1, 0.15) is 17.6 Å². The van der Waals surface area contributed by atoms with Crippen LogP contribution in [-0.2, 0) is 6.42 Å². The van der Waals surface area contributed by atoms with Gasteiger partial charge in [0.15, 0.2) is 0 Å². The van der Waals surface area contributed by atoms with Gasteiger partial charge in [-0.05, 0) is 68.5 Å². The Bertz CT molecular complexity index is 892. The number of anilines is 1. The molecular weight excluding hydrogens is 358 g/mol. The third-order valence-electron chi connectivity index (χ3n) is 4.82. The van der Waals surface area contributed by atoms with Crippen molar-refractivity contribution in [2.24, 2.45) is 0 Å². The molecule has 0 radical (unpaired) electrons. The SMILES string of the molecule is Cc1ccc(C)c(OC(C)CNc2cccc(OCCCc3ccccc3)c2)c1. The van der Waals surface area contributed by atoms with Gasteiger partial charge in [-0.25, -0.2) is 0 Å². The van der Waals surface area contributed by atoms with E-state index < -0.39 is 0 Å². The second kappa shape index (κ2) is 10.6. The summed E-state index contributed by atoms with van der Waals surface area (Å²) >= 11 is 0. The predicted octanol–water partition coefficient (Wildman–Crippen LogP) is 6.19. The van der Waals surface area contributed by atoms with E-state index >= 15 is 0 Å². The Hall–Kier alpha value is -2.94. The van der Waals surface area contributed by atoms with Crippen LogP contribution in [0, 0.1) is 13.8 Å². The molecule has 1 atom stereocenters. The lowest BCUT2D eigenvalue weighted by Gasteiger charge is -2.18. The van der Waals surface area contributed by atoms with Gasteiger partial charge in [0, 0.05) is 11.8 Å². The molecule has 0 bridgehead atoms. The van der Waals surface area contributed by atoms with Crippen LogP contribution in [0.25, 0.3) is 0 Å². The lowest BCUT2D eigenvalue weighted by molar-refractivity contribution is 0.233. The Morgan fingerprint density at radius 1 is 0.897 bits per heavy atom. The number of benzene rings is 3. The molecule has 0 aliphatic rings. The minimum atomic E-state index is 0.0611. The number of rotatable bonds is 10. The average Bonchev–Trinajstić information content (AvgIpc) is 2.73. The molecule has 29 heavy (non-hydrogen) atoms. The van der Waals surface area contributed by atoms with E-state index in [0.717, 1.165) is 42.1 Å². The molecule has 0 saturated heterocycles. The Labute approximate surface area is 174 Å². The molecule has 0 aromatic heterocycles. The summed E-state index contributed by atoms with van der Waals surface area (Å²) < 4.78 is 12.0. The van der Waals surface area contributed by atoms with E-state index in [1.165, 1.54) is 11.1 Å². The van der Waals surface area contributed by atoms with Crippen LogP contribution in [0.1, 0.15) is 30.0 Å². The van der Waals surface area contributed by atoms with Gasteiger partial charge >= 0.3 is 0 Å². The number of hydrogen-bond donors (Lipinski definition) is 1. The summed E-state index contributed by atoms with van der Waals surface area (Å²) in [5.74, 6) is 1.85. The highest BCUT2D eigenvalue weighted by Gasteiger charge is 2.07. The molecule has 3 aromatic carbocycles. The largest absolute Gasteiger partial charge is 0.494 e. The van der Waals surface area contributed by atoms with Crippen LogP contribution < -0.4 is 14.8 Å². The van der Waals surface area contributed by atoms with Crippen molar-refractivity contribution in [3.05, 3.63) is 89.5 Å². The van der Waals surface area contributed by atoms with Crippen LogP contribution in [0.3, 0.4) is 0 Å². The number of hydrogen-bond acceptors (Lipinski definition) is 3. The van der Waals surface area contributed by atoms with Crippen LogP contribution in [0.2, 0.25) is 0 Å². The van der Waals surface area contributed by atoms with E-state index in [2.05, 4.69) is 74.6 Å². The first kappa shape index (κ1) is 20.8. The highest BCUT2D eigenvalue weighted by Crippen LogP contribution is 2.21. The number of aryl methyl sites for hydroxylation is 3. The number of nitrogens with one attached hydrogen (secondary N) is 1. The number of ether oxygens (including phenoxy) is 2. The zero-order chi connectivity index (χ0) is 20.5. The van der Waals surface area contributed by atoms with Gasteiger partial charge in [-0.15, -0.1) is 0 Å². The average molecular weight is 390 g/mol. The van der Waals surface area contributed by atoms with Gasteiger partial charge in [-0.1, -0.05) is 48.5 Å². The molecule has 1 unspecified atom stereocenters. The summed E-state index contributed by atoms with van der Waals surface area (Å²) in [5, 5.41) is 3.45. The molecule has 3 rings (SSSR count). The van der Waals surface area contributed by atoms with E-state index in [4.69, 9.17) is 9.47 Å². The van der Waals surface area contributed by atoms with Crippen LogP contribution in [0.4, 0.5) is 5.69 Å². The standard InChI is InChI=1S/C26H31NO2/c1-20-14-15-21(2)26(17-20)29-22(3)19-27-24-12-7-13-25(18-24)28-16-8-11-23-9-5-4-6-10-23/h4-7,9-10,12-15,17-18,22,27H,8,11,16,19H2,1-3H3. The highest BCUT2D eigenvalue weighted by molar-refractivity contribution is 5.48. The molecule has 0 heterocycles. The summed E-state index contributed by atoms with van der Waals surface area (Å²) in [5.41, 5.74) is 4.77. The maximum absolute atomic E-state index is 6.11. The monoisotopic (exact) mass is 389 g/mol. The molecule has 152 valence electrons. The summed E-state index contributed by atoms with van der Waals surface area (Å²) in [6.07, 6.45) is 2.10. The van der Waals surface area contributed by atoms with Crippen molar-refractivity contribution in [2.45, 2.75) is 39.7 Å². The minimum Gasteiger partial charge on any atom is -0.494 e. The van der Waals surface area contributed by atoms with Crippen molar-refractivity contribution in [2.75, 3.05) is 18.5 Å². The van der Waals surface area contributed by atoms with E-state index in [0.29, 0.717) is 6.61 Å². The molecule has 0 aliphatic heterocycles. The van der Waals surface area contributed by atoms with Gasteiger partial charge in [-0.2, -0.15) is 0 Å². The summed E-state index contributed by atoms with van der Waals surface area (Å²) in [7, 11) is 0. The van der Waals surface area contributed by atoms with Crippen molar-refractivity contribution in [3.8, 4) is 11.5 Å². The fourth-order valence-electron chi connectivity index (χ4n) is 3.16. The molecule has 0 spiro atoms. The summed E-state index contributed by atoms with van der Waals surface area (Å²) in [6.45, 7) is 7.68. The van der Waals surface area contributed by atoms with Crippen molar-refractivity contribution in [1.82, 2.24) is 0 Å². The van der Waals surface area contributed by atoms with Crippen molar-refractivity contribution in [3.63, 3.8) is 0 Å². The first-order valence-corrected chi connectivity index (χ1v) is 10.3. The second-order valence-electron chi connectivity index (χ2n) is 7.54. The summed E-state index contributed by atoms with van der Waals surface area (Å²) in [6, 6.07) is 25.0. The lowest BCUT2D eigenvalue weighted by Crippen LogP contribution is -2.23.